The Morgan fingerprint density at radius 3 is 2.43 bits per heavy atom. The van der Waals surface area contributed by atoms with Gasteiger partial charge in [0.1, 0.15) is 0 Å². The van der Waals surface area contributed by atoms with Crippen LogP contribution in [-0.2, 0) is 10.2 Å². The zero-order valence-electron chi connectivity index (χ0n) is 17.9. The Kier molecular flexibility index (Phi) is 5.46. The fraction of sp³-hybridized carbons (Fsp3) is 0.400. The van der Waals surface area contributed by atoms with E-state index in [0.29, 0.717) is 5.39 Å². The van der Waals surface area contributed by atoms with Gasteiger partial charge in [0.05, 0.1) is 22.5 Å². The van der Waals surface area contributed by atoms with Gasteiger partial charge >= 0.3 is 0 Å². The van der Waals surface area contributed by atoms with E-state index < -0.39 is 5.41 Å². The van der Waals surface area contributed by atoms with Crippen LogP contribution in [0.1, 0.15) is 57.6 Å². The van der Waals surface area contributed by atoms with Crippen molar-refractivity contribution in [3.63, 3.8) is 0 Å². The van der Waals surface area contributed by atoms with Gasteiger partial charge in [-0.1, -0.05) is 55.7 Å². The van der Waals surface area contributed by atoms with Gasteiger partial charge < -0.3 is 5.32 Å². The number of fused-ring (bicyclic) bond motifs is 1. The lowest BCUT2D eigenvalue weighted by Crippen LogP contribution is -2.38. The SMILES string of the molecule is CNC(=O)C(C)(C)c1cccc(-c2nn(C3CCCCC3)c(=O)c3ccccc23)c1. The highest BCUT2D eigenvalue weighted by atomic mass is 16.2. The summed E-state index contributed by atoms with van der Waals surface area (Å²) in [7, 11) is 1.66. The maximum absolute atomic E-state index is 13.2. The number of rotatable bonds is 4. The molecule has 0 spiro atoms. The molecule has 5 heteroatoms. The summed E-state index contributed by atoms with van der Waals surface area (Å²) < 4.78 is 1.72. The summed E-state index contributed by atoms with van der Waals surface area (Å²) >= 11 is 0. The number of hydrogen-bond donors (Lipinski definition) is 1. The molecule has 1 amide bonds. The lowest BCUT2D eigenvalue weighted by atomic mass is 9.82. The number of carbonyl (C=O) groups is 1. The van der Waals surface area contributed by atoms with Gasteiger partial charge in [0.15, 0.2) is 0 Å². The Morgan fingerprint density at radius 2 is 1.73 bits per heavy atom. The average Bonchev–Trinajstić information content (AvgIpc) is 2.79. The van der Waals surface area contributed by atoms with E-state index in [0.717, 1.165) is 47.9 Å². The van der Waals surface area contributed by atoms with Crippen LogP contribution in [0, 0.1) is 0 Å². The molecule has 156 valence electrons. The molecule has 0 aliphatic heterocycles. The molecular weight excluding hydrogens is 374 g/mol. The van der Waals surface area contributed by atoms with Crippen molar-refractivity contribution in [3.05, 3.63) is 64.4 Å². The maximum atomic E-state index is 13.2. The molecule has 1 saturated carbocycles. The minimum absolute atomic E-state index is 0.0110. The minimum atomic E-state index is -0.668. The normalized spacial score (nSPS) is 15.3. The fourth-order valence-corrected chi connectivity index (χ4v) is 4.49. The molecule has 0 unspecified atom stereocenters. The molecule has 1 aliphatic rings. The molecule has 1 N–H and O–H groups in total. The van der Waals surface area contributed by atoms with E-state index in [4.69, 9.17) is 5.10 Å². The van der Waals surface area contributed by atoms with Crippen molar-refractivity contribution in [1.29, 1.82) is 0 Å². The highest BCUT2D eigenvalue weighted by Gasteiger charge is 2.29. The fourth-order valence-electron chi connectivity index (χ4n) is 4.49. The molecule has 5 nitrogen and oxygen atoms in total. The first kappa shape index (κ1) is 20.3. The Labute approximate surface area is 177 Å². The summed E-state index contributed by atoms with van der Waals surface area (Å²) in [5.41, 5.74) is 1.96. The van der Waals surface area contributed by atoms with Crippen LogP contribution in [0.3, 0.4) is 0 Å². The van der Waals surface area contributed by atoms with Crippen molar-refractivity contribution in [2.45, 2.75) is 57.4 Å². The second kappa shape index (κ2) is 8.05. The third-order valence-electron chi connectivity index (χ3n) is 6.40. The Balaban J connectivity index is 1.91. The predicted octanol–water partition coefficient (Wildman–Crippen LogP) is 4.59. The van der Waals surface area contributed by atoms with Gasteiger partial charge in [-0.2, -0.15) is 5.10 Å². The lowest BCUT2D eigenvalue weighted by molar-refractivity contribution is -0.125. The standard InChI is InChI=1S/C25H29N3O2/c1-25(2,24(30)26-3)18-11-9-10-17(16-18)22-20-14-7-8-15-21(20)23(29)28(27-22)19-12-5-4-6-13-19/h7-11,14-16,19H,4-6,12-13H2,1-3H3,(H,26,30). The van der Waals surface area contributed by atoms with Crippen LogP contribution in [-0.4, -0.2) is 22.7 Å². The molecule has 0 saturated heterocycles. The van der Waals surface area contributed by atoms with Crippen molar-refractivity contribution in [3.8, 4) is 11.3 Å². The summed E-state index contributed by atoms with van der Waals surface area (Å²) in [6.45, 7) is 3.83. The number of amides is 1. The van der Waals surface area contributed by atoms with Gasteiger partial charge in [-0.25, -0.2) is 4.68 Å². The van der Waals surface area contributed by atoms with Gasteiger partial charge in [-0.3, -0.25) is 9.59 Å². The second-order valence-corrected chi connectivity index (χ2v) is 8.72. The van der Waals surface area contributed by atoms with Crippen molar-refractivity contribution in [2.75, 3.05) is 7.05 Å². The minimum Gasteiger partial charge on any atom is -0.358 e. The molecule has 4 rings (SSSR count). The molecule has 0 radical (unpaired) electrons. The van der Waals surface area contributed by atoms with E-state index in [1.54, 1.807) is 11.7 Å². The monoisotopic (exact) mass is 403 g/mol. The van der Waals surface area contributed by atoms with Crippen molar-refractivity contribution in [1.82, 2.24) is 15.1 Å². The molecular formula is C25H29N3O2. The first-order chi connectivity index (χ1) is 14.4. The van der Waals surface area contributed by atoms with Crippen LogP contribution in [0.15, 0.2) is 53.3 Å². The van der Waals surface area contributed by atoms with E-state index in [-0.39, 0.29) is 17.5 Å². The number of benzene rings is 2. The zero-order chi connectivity index (χ0) is 21.3. The van der Waals surface area contributed by atoms with Crippen LogP contribution in [0.5, 0.6) is 0 Å². The number of nitrogens with zero attached hydrogens (tertiary/aromatic N) is 2. The summed E-state index contributed by atoms with van der Waals surface area (Å²) in [4.78, 5) is 25.6. The van der Waals surface area contributed by atoms with Crippen LogP contribution in [0.2, 0.25) is 0 Å². The summed E-state index contributed by atoms with van der Waals surface area (Å²) in [5.74, 6) is -0.0374. The maximum Gasteiger partial charge on any atom is 0.274 e. The largest absolute Gasteiger partial charge is 0.358 e. The van der Waals surface area contributed by atoms with Crippen LogP contribution >= 0.6 is 0 Å². The Morgan fingerprint density at radius 1 is 1.03 bits per heavy atom. The Hall–Kier alpha value is -2.95. The van der Waals surface area contributed by atoms with E-state index >= 15 is 0 Å². The molecule has 1 heterocycles. The molecule has 0 bridgehead atoms. The van der Waals surface area contributed by atoms with E-state index in [9.17, 15) is 9.59 Å². The zero-order valence-corrected chi connectivity index (χ0v) is 17.9. The van der Waals surface area contributed by atoms with Crippen LogP contribution < -0.4 is 10.9 Å². The number of carbonyl (C=O) groups excluding carboxylic acids is 1. The van der Waals surface area contributed by atoms with Crippen molar-refractivity contribution >= 4 is 16.7 Å². The lowest BCUT2D eigenvalue weighted by Gasteiger charge is -2.25. The molecule has 2 aromatic carbocycles. The average molecular weight is 404 g/mol. The smallest absolute Gasteiger partial charge is 0.274 e. The topological polar surface area (TPSA) is 64.0 Å². The summed E-state index contributed by atoms with van der Waals surface area (Å²) in [6, 6.07) is 15.8. The molecule has 1 aliphatic carbocycles. The van der Waals surface area contributed by atoms with Gasteiger partial charge in [0, 0.05) is 18.0 Å². The highest BCUT2D eigenvalue weighted by Crippen LogP contribution is 2.32. The predicted molar refractivity (Wildman–Crippen MR) is 121 cm³/mol. The molecule has 0 atom stereocenters. The van der Waals surface area contributed by atoms with Gasteiger partial charge in [0.25, 0.3) is 5.56 Å². The number of nitrogens with one attached hydrogen (secondary N) is 1. The van der Waals surface area contributed by atoms with Crippen molar-refractivity contribution < 1.29 is 4.79 Å². The number of aromatic nitrogens is 2. The van der Waals surface area contributed by atoms with Gasteiger partial charge in [0.2, 0.25) is 5.91 Å². The van der Waals surface area contributed by atoms with Crippen LogP contribution in [0.4, 0.5) is 0 Å². The molecule has 1 aromatic heterocycles. The summed E-state index contributed by atoms with van der Waals surface area (Å²) in [5, 5.41) is 9.19. The highest BCUT2D eigenvalue weighted by molar-refractivity contribution is 5.94. The third kappa shape index (κ3) is 3.53. The second-order valence-electron chi connectivity index (χ2n) is 8.72. The molecule has 30 heavy (non-hydrogen) atoms. The van der Waals surface area contributed by atoms with E-state index in [1.807, 2.05) is 62.4 Å². The first-order valence-corrected chi connectivity index (χ1v) is 10.8. The Bertz CT molecular complexity index is 1140. The summed E-state index contributed by atoms with van der Waals surface area (Å²) in [6.07, 6.45) is 5.48. The number of likely N-dealkylation sites (N-methyl/N-ethyl adjacent to an activating group) is 1. The first-order valence-electron chi connectivity index (χ1n) is 10.8. The quantitative estimate of drug-likeness (QED) is 0.693. The third-order valence-corrected chi connectivity index (χ3v) is 6.40. The van der Waals surface area contributed by atoms with Gasteiger partial charge in [-0.15, -0.1) is 0 Å². The van der Waals surface area contributed by atoms with E-state index in [1.165, 1.54) is 6.42 Å². The van der Waals surface area contributed by atoms with E-state index in [2.05, 4.69) is 5.32 Å². The molecule has 3 aromatic rings. The molecule has 1 fully saturated rings. The van der Waals surface area contributed by atoms with Crippen LogP contribution in [0.25, 0.3) is 22.0 Å². The van der Waals surface area contributed by atoms with Crippen molar-refractivity contribution in [2.24, 2.45) is 0 Å². The van der Waals surface area contributed by atoms with Gasteiger partial charge in [-0.05, 0) is 44.4 Å². The number of hydrogen-bond acceptors (Lipinski definition) is 3.